The van der Waals surface area contributed by atoms with Gasteiger partial charge in [-0.15, -0.1) is 12.6 Å². The number of carboxylic acid groups (broad SMARTS) is 1. The van der Waals surface area contributed by atoms with E-state index in [1.807, 2.05) is 0 Å². The Labute approximate surface area is 79.6 Å². The van der Waals surface area contributed by atoms with E-state index in [1.165, 1.54) is 13.2 Å². The van der Waals surface area contributed by atoms with Crippen LogP contribution in [0.15, 0.2) is 17.0 Å². The molecule has 1 N–H and O–H groups in total. The number of methoxy groups -OCH3 is 1. The van der Waals surface area contributed by atoms with Gasteiger partial charge in [0.25, 0.3) is 0 Å². The molecule has 13 heavy (non-hydrogen) atoms. The quantitative estimate of drug-likeness (QED) is 0.719. The van der Waals surface area contributed by atoms with E-state index in [0.717, 1.165) is 6.07 Å². The fourth-order valence-electron chi connectivity index (χ4n) is 0.904. The molecular formula is C8H7FO3S. The van der Waals surface area contributed by atoms with Gasteiger partial charge in [0, 0.05) is 0 Å². The molecule has 3 nitrogen and oxygen atoms in total. The summed E-state index contributed by atoms with van der Waals surface area (Å²) in [7, 11) is 1.29. The number of thiol groups is 1. The van der Waals surface area contributed by atoms with Crippen molar-refractivity contribution in [2.75, 3.05) is 7.11 Å². The highest BCUT2D eigenvalue weighted by Gasteiger charge is 2.12. The number of benzene rings is 1. The Hall–Kier alpha value is -1.23. The van der Waals surface area contributed by atoms with Gasteiger partial charge in [-0.3, -0.25) is 0 Å². The van der Waals surface area contributed by atoms with Crippen molar-refractivity contribution >= 4 is 18.6 Å². The number of ether oxygens (including phenoxy) is 1. The molecule has 0 aliphatic carbocycles. The van der Waals surface area contributed by atoms with E-state index < -0.39 is 11.8 Å². The third-order valence-corrected chi connectivity index (χ3v) is 1.81. The molecule has 1 aromatic carbocycles. The van der Waals surface area contributed by atoms with Gasteiger partial charge in [-0.1, -0.05) is 0 Å². The normalized spacial score (nSPS) is 9.77. The fraction of sp³-hybridized carbons (Fsp3) is 0.125. The fourth-order valence-corrected chi connectivity index (χ4v) is 1.24. The number of aromatic carboxylic acids is 1. The summed E-state index contributed by atoms with van der Waals surface area (Å²) in [6.45, 7) is 0. The Balaban J connectivity index is 3.28. The molecule has 0 radical (unpaired) electrons. The number of rotatable bonds is 2. The summed E-state index contributed by atoms with van der Waals surface area (Å²) in [4.78, 5) is 10.6. The predicted octanol–water partition coefficient (Wildman–Crippen LogP) is 1.82. The van der Waals surface area contributed by atoms with Crippen LogP contribution in [0.2, 0.25) is 0 Å². The standard InChI is InChI=1S/C8H7FO3S/c1-12-7-5(9)2-4(8(10)11)3-6(7)13/h2-3,13H,1H3,(H,10,11). The third kappa shape index (κ3) is 1.92. The molecule has 0 spiro atoms. The summed E-state index contributed by atoms with van der Waals surface area (Å²) in [6.07, 6.45) is 0. The summed E-state index contributed by atoms with van der Waals surface area (Å²) >= 11 is 3.88. The first-order valence-electron chi connectivity index (χ1n) is 3.36. The van der Waals surface area contributed by atoms with Gasteiger partial charge >= 0.3 is 5.97 Å². The summed E-state index contributed by atoms with van der Waals surface area (Å²) in [5, 5.41) is 8.56. The molecule has 70 valence electrons. The molecular weight excluding hydrogens is 195 g/mol. The first-order chi connectivity index (χ1) is 6.06. The molecule has 0 aromatic heterocycles. The van der Waals surface area contributed by atoms with Crippen LogP contribution in [0.5, 0.6) is 5.75 Å². The molecule has 0 aliphatic rings. The smallest absolute Gasteiger partial charge is 0.335 e. The number of carbonyl (C=O) groups is 1. The van der Waals surface area contributed by atoms with Crippen LogP contribution in [-0.4, -0.2) is 18.2 Å². The van der Waals surface area contributed by atoms with Gasteiger partial charge in [0.15, 0.2) is 11.6 Å². The maximum absolute atomic E-state index is 13.0. The molecule has 1 rings (SSSR count). The Morgan fingerprint density at radius 2 is 2.23 bits per heavy atom. The average Bonchev–Trinajstić information content (AvgIpc) is 2.03. The highest BCUT2D eigenvalue weighted by Crippen LogP contribution is 2.27. The Morgan fingerprint density at radius 1 is 1.62 bits per heavy atom. The zero-order valence-corrected chi connectivity index (χ0v) is 7.64. The van der Waals surface area contributed by atoms with Gasteiger partial charge in [-0.25, -0.2) is 9.18 Å². The lowest BCUT2D eigenvalue weighted by molar-refractivity contribution is 0.0696. The molecule has 0 unspecified atom stereocenters. The summed E-state index contributed by atoms with van der Waals surface area (Å²) in [6, 6.07) is 2.12. The monoisotopic (exact) mass is 202 g/mol. The topological polar surface area (TPSA) is 46.5 Å². The van der Waals surface area contributed by atoms with Gasteiger partial charge in [-0.05, 0) is 12.1 Å². The lowest BCUT2D eigenvalue weighted by atomic mass is 10.2. The first-order valence-corrected chi connectivity index (χ1v) is 3.80. The minimum absolute atomic E-state index is 0.0478. The minimum atomic E-state index is -1.20. The van der Waals surface area contributed by atoms with Crippen molar-refractivity contribution in [3.8, 4) is 5.75 Å². The van der Waals surface area contributed by atoms with Crippen LogP contribution in [-0.2, 0) is 0 Å². The van der Waals surface area contributed by atoms with Crippen LogP contribution in [0.25, 0.3) is 0 Å². The Bertz CT molecular complexity index is 328. The van der Waals surface area contributed by atoms with E-state index in [2.05, 4.69) is 17.4 Å². The van der Waals surface area contributed by atoms with Gasteiger partial charge in [0.1, 0.15) is 0 Å². The zero-order valence-electron chi connectivity index (χ0n) is 6.74. The van der Waals surface area contributed by atoms with Gasteiger partial charge in [-0.2, -0.15) is 0 Å². The molecule has 1 aromatic rings. The zero-order chi connectivity index (χ0) is 10.0. The maximum Gasteiger partial charge on any atom is 0.335 e. The van der Waals surface area contributed by atoms with Crippen molar-refractivity contribution in [2.45, 2.75) is 4.90 Å². The first kappa shape index (κ1) is 9.85. The maximum atomic E-state index is 13.0. The molecule has 0 atom stereocenters. The van der Waals surface area contributed by atoms with Crippen molar-refractivity contribution in [1.82, 2.24) is 0 Å². The van der Waals surface area contributed by atoms with Gasteiger partial charge in [0.2, 0.25) is 0 Å². The molecule has 0 saturated heterocycles. The van der Waals surface area contributed by atoms with Crippen LogP contribution in [0, 0.1) is 5.82 Å². The van der Waals surface area contributed by atoms with E-state index in [0.29, 0.717) is 0 Å². The molecule has 0 aliphatic heterocycles. The molecule has 5 heteroatoms. The number of halogens is 1. The van der Waals surface area contributed by atoms with Crippen LogP contribution in [0.1, 0.15) is 10.4 Å². The van der Waals surface area contributed by atoms with Gasteiger partial charge < -0.3 is 9.84 Å². The van der Waals surface area contributed by atoms with Crippen molar-refractivity contribution in [2.24, 2.45) is 0 Å². The highest BCUT2D eigenvalue weighted by atomic mass is 32.1. The van der Waals surface area contributed by atoms with E-state index >= 15 is 0 Å². The summed E-state index contributed by atoms with van der Waals surface area (Å²) in [5.41, 5.74) is -0.150. The van der Waals surface area contributed by atoms with E-state index in [-0.39, 0.29) is 16.2 Å². The van der Waals surface area contributed by atoms with Crippen LogP contribution >= 0.6 is 12.6 Å². The van der Waals surface area contributed by atoms with Crippen molar-refractivity contribution in [3.05, 3.63) is 23.5 Å². The lowest BCUT2D eigenvalue weighted by Crippen LogP contribution is -1.99. The predicted molar refractivity (Wildman–Crippen MR) is 47.2 cm³/mol. The third-order valence-electron chi connectivity index (χ3n) is 1.48. The second kappa shape index (κ2) is 3.66. The van der Waals surface area contributed by atoms with E-state index in [1.54, 1.807) is 0 Å². The van der Waals surface area contributed by atoms with Crippen molar-refractivity contribution in [3.63, 3.8) is 0 Å². The molecule has 0 bridgehead atoms. The summed E-state index contributed by atoms with van der Waals surface area (Å²) < 4.78 is 17.7. The molecule has 0 heterocycles. The Morgan fingerprint density at radius 3 is 2.62 bits per heavy atom. The van der Waals surface area contributed by atoms with Crippen molar-refractivity contribution < 1.29 is 19.0 Å². The van der Waals surface area contributed by atoms with Crippen LogP contribution in [0.3, 0.4) is 0 Å². The largest absolute Gasteiger partial charge is 0.493 e. The second-order valence-corrected chi connectivity index (χ2v) is 2.80. The Kier molecular flexibility index (Phi) is 2.77. The second-order valence-electron chi connectivity index (χ2n) is 2.32. The molecule has 0 amide bonds. The molecule has 0 saturated carbocycles. The highest BCUT2D eigenvalue weighted by molar-refractivity contribution is 7.80. The molecule has 0 fully saturated rings. The minimum Gasteiger partial charge on any atom is -0.493 e. The van der Waals surface area contributed by atoms with Crippen LogP contribution in [0.4, 0.5) is 4.39 Å². The number of hydrogen-bond acceptors (Lipinski definition) is 3. The van der Waals surface area contributed by atoms with Crippen molar-refractivity contribution in [1.29, 1.82) is 0 Å². The van der Waals surface area contributed by atoms with Gasteiger partial charge in [0.05, 0.1) is 17.6 Å². The van der Waals surface area contributed by atoms with Crippen LogP contribution < -0.4 is 4.74 Å². The van der Waals surface area contributed by atoms with E-state index in [9.17, 15) is 9.18 Å². The lowest BCUT2D eigenvalue weighted by Gasteiger charge is -2.05. The van der Waals surface area contributed by atoms with E-state index in [4.69, 9.17) is 5.11 Å². The number of hydrogen-bond donors (Lipinski definition) is 2. The average molecular weight is 202 g/mol. The SMILES string of the molecule is COc1c(F)cc(C(=O)O)cc1S. The summed E-state index contributed by atoms with van der Waals surface area (Å²) in [5.74, 6) is -1.97. The number of carboxylic acids is 1.